The summed E-state index contributed by atoms with van der Waals surface area (Å²) in [5, 5.41) is 0. The zero-order chi connectivity index (χ0) is 9.97. The Morgan fingerprint density at radius 3 is 2.21 bits per heavy atom. The molecular weight excluding hydrogens is 243 g/mol. The lowest BCUT2D eigenvalue weighted by molar-refractivity contribution is 0.628. The molecule has 0 fully saturated rings. The third-order valence-corrected chi connectivity index (χ3v) is 2.50. The van der Waals surface area contributed by atoms with Crippen LogP contribution in [0, 0.1) is 5.82 Å². The van der Waals surface area contributed by atoms with Crippen molar-refractivity contribution >= 4 is 15.9 Å². The summed E-state index contributed by atoms with van der Waals surface area (Å²) in [4.78, 5) is 0. The SMILES string of the molecule is Fc1ccc(-c2cccc(Br)c2)cc1. The molecule has 0 amide bonds. The molecule has 2 rings (SSSR count). The largest absolute Gasteiger partial charge is 0.207 e. The molecule has 0 aliphatic rings. The summed E-state index contributed by atoms with van der Waals surface area (Å²) < 4.78 is 13.7. The summed E-state index contributed by atoms with van der Waals surface area (Å²) >= 11 is 3.40. The van der Waals surface area contributed by atoms with Gasteiger partial charge in [0.1, 0.15) is 5.82 Å². The Hall–Kier alpha value is -1.15. The second-order valence-corrected chi connectivity index (χ2v) is 3.93. The van der Waals surface area contributed by atoms with E-state index in [9.17, 15) is 4.39 Å². The van der Waals surface area contributed by atoms with Gasteiger partial charge in [-0.3, -0.25) is 0 Å². The molecule has 0 aliphatic heterocycles. The molecule has 0 unspecified atom stereocenters. The maximum Gasteiger partial charge on any atom is 0.123 e. The topological polar surface area (TPSA) is 0 Å². The van der Waals surface area contributed by atoms with Gasteiger partial charge in [0.05, 0.1) is 0 Å². The fourth-order valence-corrected chi connectivity index (χ4v) is 1.71. The van der Waals surface area contributed by atoms with E-state index in [4.69, 9.17) is 0 Å². The Morgan fingerprint density at radius 2 is 1.57 bits per heavy atom. The lowest BCUT2D eigenvalue weighted by Crippen LogP contribution is -1.78. The van der Waals surface area contributed by atoms with E-state index < -0.39 is 0 Å². The van der Waals surface area contributed by atoms with Crippen LogP contribution in [0.5, 0.6) is 0 Å². The summed E-state index contributed by atoms with van der Waals surface area (Å²) in [5.41, 5.74) is 2.10. The van der Waals surface area contributed by atoms with Gasteiger partial charge in [-0.25, -0.2) is 4.39 Å². The minimum atomic E-state index is -0.205. The monoisotopic (exact) mass is 250 g/mol. The van der Waals surface area contributed by atoms with E-state index in [1.165, 1.54) is 12.1 Å². The minimum absolute atomic E-state index is 0.205. The van der Waals surface area contributed by atoms with Crippen LogP contribution in [0.25, 0.3) is 11.1 Å². The van der Waals surface area contributed by atoms with Crippen LogP contribution in [-0.4, -0.2) is 0 Å². The summed E-state index contributed by atoms with van der Waals surface area (Å²) in [6.07, 6.45) is 0. The number of hydrogen-bond acceptors (Lipinski definition) is 0. The van der Waals surface area contributed by atoms with Gasteiger partial charge in [-0.15, -0.1) is 0 Å². The van der Waals surface area contributed by atoms with E-state index in [2.05, 4.69) is 15.9 Å². The van der Waals surface area contributed by atoms with Crippen molar-refractivity contribution in [2.45, 2.75) is 0 Å². The number of halogens is 2. The van der Waals surface area contributed by atoms with Crippen molar-refractivity contribution in [3.63, 3.8) is 0 Å². The lowest BCUT2D eigenvalue weighted by Gasteiger charge is -2.01. The first-order chi connectivity index (χ1) is 6.75. The molecule has 0 N–H and O–H groups in total. The van der Waals surface area contributed by atoms with Crippen LogP contribution in [0.15, 0.2) is 53.0 Å². The molecule has 2 aromatic carbocycles. The molecule has 0 aromatic heterocycles. The summed E-state index contributed by atoms with van der Waals surface area (Å²) in [5.74, 6) is -0.205. The maximum atomic E-state index is 12.7. The van der Waals surface area contributed by atoms with Gasteiger partial charge in [0.25, 0.3) is 0 Å². The molecule has 0 aliphatic carbocycles. The van der Waals surface area contributed by atoms with Crippen molar-refractivity contribution in [3.05, 3.63) is 58.8 Å². The molecule has 0 nitrogen and oxygen atoms in total. The third kappa shape index (κ3) is 2.02. The first kappa shape index (κ1) is 9.41. The second kappa shape index (κ2) is 3.93. The summed E-state index contributed by atoms with van der Waals surface area (Å²) in [7, 11) is 0. The molecule has 0 spiro atoms. The highest BCUT2D eigenvalue weighted by atomic mass is 79.9. The van der Waals surface area contributed by atoms with Gasteiger partial charge in [0.2, 0.25) is 0 Å². The van der Waals surface area contributed by atoms with Crippen LogP contribution in [0.4, 0.5) is 4.39 Å². The third-order valence-electron chi connectivity index (χ3n) is 2.00. The van der Waals surface area contributed by atoms with Crippen molar-refractivity contribution in [1.82, 2.24) is 0 Å². The molecule has 2 aromatic rings. The van der Waals surface area contributed by atoms with E-state index in [1.807, 2.05) is 24.3 Å². The first-order valence-electron chi connectivity index (χ1n) is 4.27. The minimum Gasteiger partial charge on any atom is -0.207 e. The lowest BCUT2D eigenvalue weighted by atomic mass is 10.1. The Balaban J connectivity index is 2.44. The zero-order valence-corrected chi connectivity index (χ0v) is 8.96. The predicted molar refractivity (Wildman–Crippen MR) is 59.5 cm³/mol. The van der Waals surface area contributed by atoms with Gasteiger partial charge in [0, 0.05) is 4.47 Å². The van der Waals surface area contributed by atoms with Gasteiger partial charge in [-0.05, 0) is 35.4 Å². The highest BCUT2D eigenvalue weighted by molar-refractivity contribution is 9.10. The van der Waals surface area contributed by atoms with Crippen molar-refractivity contribution in [1.29, 1.82) is 0 Å². The quantitative estimate of drug-likeness (QED) is 0.710. The Morgan fingerprint density at radius 1 is 0.857 bits per heavy atom. The van der Waals surface area contributed by atoms with Crippen LogP contribution in [0.2, 0.25) is 0 Å². The number of benzene rings is 2. The van der Waals surface area contributed by atoms with E-state index in [-0.39, 0.29) is 5.82 Å². The smallest absolute Gasteiger partial charge is 0.123 e. The van der Waals surface area contributed by atoms with Crippen molar-refractivity contribution in [2.75, 3.05) is 0 Å². The molecule has 0 atom stereocenters. The van der Waals surface area contributed by atoms with Crippen LogP contribution in [0.1, 0.15) is 0 Å². The normalized spacial score (nSPS) is 10.1. The Kier molecular flexibility index (Phi) is 2.64. The molecule has 0 saturated carbocycles. The van der Waals surface area contributed by atoms with E-state index in [0.717, 1.165) is 15.6 Å². The van der Waals surface area contributed by atoms with Crippen LogP contribution < -0.4 is 0 Å². The first-order valence-corrected chi connectivity index (χ1v) is 5.06. The number of hydrogen-bond donors (Lipinski definition) is 0. The van der Waals surface area contributed by atoms with Crippen molar-refractivity contribution < 1.29 is 4.39 Å². The second-order valence-electron chi connectivity index (χ2n) is 3.02. The van der Waals surface area contributed by atoms with Crippen molar-refractivity contribution in [3.8, 4) is 11.1 Å². The van der Waals surface area contributed by atoms with Gasteiger partial charge < -0.3 is 0 Å². The van der Waals surface area contributed by atoms with Gasteiger partial charge in [-0.2, -0.15) is 0 Å². The molecule has 0 saturated heterocycles. The highest BCUT2D eigenvalue weighted by Crippen LogP contribution is 2.22. The fraction of sp³-hybridized carbons (Fsp3) is 0. The predicted octanol–water partition coefficient (Wildman–Crippen LogP) is 4.26. The Bertz CT molecular complexity index is 434. The average Bonchev–Trinajstić information content (AvgIpc) is 2.19. The van der Waals surface area contributed by atoms with Gasteiger partial charge in [0.15, 0.2) is 0 Å². The average molecular weight is 251 g/mol. The summed E-state index contributed by atoms with van der Waals surface area (Å²) in [6.45, 7) is 0. The van der Waals surface area contributed by atoms with Gasteiger partial charge in [-0.1, -0.05) is 40.2 Å². The number of rotatable bonds is 1. The van der Waals surface area contributed by atoms with E-state index >= 15 is 0 Å². The molecular formula is C12H8BrF. The van der Waals surface area contributed by atoms with Crippen LogP contribution >= 0.6 is 15.9 Å². The fourth-order valence-electron chi connectivity index (χ4n) is 1.31. The molecule has 0 radical (unpaired) electrons. The van der Waals surface area contributed by atoms with Crippen molar-refractivity contribution in [2.24, 2.45) is 0 Å². The molecule has 14 heavy (non-hydrogen) atoms. The zero-order valence-electron chi connectivity index (χ0n) is 7.37. The standard InChI is InChI=1S/C12H8BrF/c13-11-3-1-2-10(8-11)9-4-6-12(14)7-5-9/h1-8H. The highest BCUT2D eigenvalue weighted by Gasteiger charge is 1.97. The van der Waals surface area contributed by atoms with E-state index in [1.54, 1.807) is 12.1 Å². The Labute approximate surface area is 90.5 Å². The van der Waals surface area contributed by atoms with Gasteiger partial charge >= 0.3 is 0 Å². The van der Waals surface area contributed by atoms with E-state index in [0.29, 0.717) is 0 Å². The molecule has 0 bridgehead atoms. The molecule has 2 heteroatoms. The summed E-state index contributed by atoms with van der Waals surface area (Å²) in [6, 6.07) is 14.4. The molecule has 70 valence electrons. The van der Waals surface area contributed by atoms with Crippen LogP contribution in [0.3, 0.4) is 0 Å². The van der Waals surface area contributed by atoms with Crippen LogP contribution in [-0.2, 0) is 0 Å². The molecule has 0 heterocycles. The maximum absolute atomic E-state index is 12.7.